The highest BCUT2D eigenvalue weighted by atomic mass is 16.5. The number of carboxylic acid groups (broad SMARTS) is 2. The summed E-state index contributed by atoms with van der Waals surface area (Å²) in [6.45, 7) is 0. The number of furan rings is 1. The van der Waals surface area contributed by atoms with E-state index in [0.29, 0.717) is 17.1 Å². The van der Waals surface area contributed by atoms with Gasteiger partial charge in [0.15, 0.2) is 11.5 Å². The molecule has 33 heavy (non-hydrogen) atoms. The molecule has 1 fully saturated rings. The van der Waals surface area contributed by atoms with Crippen LogP contribution in [0, 0.1) is 5.41 Å². The minimum Gasteiger partial charge on any atom is -0.478 e. The molecule has 0 saturated carbocycles. The summed E-state index contributed by atoms with van der Waals surface area (Å²) in [5, 5.41) is 34.8. The molecule has 0 amide bonds. The first-order valence-corrected chi connectivity index (χ1v) is 9.55. The number of carbonyl (C=O) groups is 2. The van der Waals surface area contributed by atoms with Crippen LogP contribution in [0.25, 0.3) is 0 Å². The third-order valence-electron chi connectivity index (χ3n) is 4.61. The molecule has 166 valence electrons. The molecule has 4 rings (SSSR count). The number of carboxylic acids is 2. The van der Waals surface area contributed by atoms with E-state index >= 15 is 0 Å². The highest BCUT2D eigenvalue weighted by Gasteiger charge is 2.39. The molecule has 0 spiro atoms. The molecule has 2 aromatic carbocycles. The third-order valence-corrected chi connectivity index (χ3v) is 4.61. The number of rotatable bonds is 7. The van der Waals surface area contributed by atoms with Crippen LogP contribution in [0.2, 0.25) is 0 Å². The van der Waals surface area contributed by atoms with Crippen molar-refractivity contribution in [2.24, 2.45) is 10.2 Å². The number of nitrogens with zero attached hydrogens (tertiary/aromatic N) is 2. The quantitative estimate of drug-likeness (QED) is 0.342. The van der Waals surface area contributed by atoms with Crippen molar-refractivity contribution in [3.05, 3.63) is 83.8 Å². The van der Waals surface area contributed by atoms with E-state index in [1.807, 2.05) is 0 Å². The number of aromatic carboxylic acids is 2. The Morgan fingerprint density at radius 1 is 0.848 bits per heavy atom. The highest BCUT2D eigenvalue weighted by molar-refractivity contribution is 6.69. The monoisotopic (exact) mass is 447 g/mol. The Morgan fingerprint density at radius 2 is 1.39 bits per heavy atom. The van der Waals surface area contributed by atoms with Crippen molar-refractivity contribution in [1.82, 2.24) is 0 Å². The average Bonchev–Trinajstić information content (AvgIpc) is 3.45. The maximum absolute atomic E-state index is 11.0. The Morgan fingerprint density at radius 3 is 1.88 bits per heavy atom. The smallest absolute Gasteiger partial charge is 0.335 e. The van der Waals surface area contributed by atoms with Crippen LogP contribution >= 0.6 is 0 Å². The van der Waals surface area contributed by atoms with E-state index < -0.39 is 18.0 Å². The lowest BCUT2D eigenvalue weighted by molar-refractivity contribution is 0.0686. The molecule has 1 unspecified atom stereocenters. The van der Waals surface area contributed by atoms with Crippen molar-refractivity contribution in [2.75, 3.05) is 10.9 Å². The molecule has 11 nitrogen and oxygen atoms in total. The lowest BCUT2D eigenvalue weighted by Gasteiger charge is -2.08. The number of nitrogens with one attached hydrogen (secondary N) is 3. The van der Waals surface area contributed by atoms with Gasteiger partial charge in [-0.05, 0) is 60.7 Å². The minimum atomic E-state index is -1.04. The minimum absolute atomic E-state index is 0.105. The van der Waals surface area contributed by atoms with Crippen LogP contribution in [0.15, 0.2) is 81.5 Å². The van der Waals surface area contributed by atoms with Crippen LogP contribution in [0.5, 0.6) is 0 Å². The number of hydrogen-bond acceptors (Lipinski definition) is 9. The van der Waals surface area contributed by atoms with E-state index in [4.69, 9.17) is 24.8 Å². The van der Waals surface area contributed by atoms with Crippen molar-refractivity contribution in [2.45, 2.75) is 6.10 Å². The van der Waals surface area contributed by atoms with E-state index in [1.165, 1.54) is 42.7 Å². The number of anilines is 2. The van der Waals surface area contributed by atoms with Crippen LogP contribution < -0.4 is 10.9 Å². The van der Waals surface area contributed by atoms with E-state index in [2.05, 4.69) is 21.1 Å². The molecule has 1 atom stereocenters. The Hall–Kier alpha value is -4.93. The molecule has 1 aromatic heterocycles. The second-order valence-corrected chi connectivity index (χ2v) is 6.79. The molecule has 5 N–H and O–H groups in total. The third kappa shape index (κ3) is 4.71. The molecule has 1 aliphatic rings. The summed E-state index contributed by atoms with van der Waals surface area (Å²) in [6, 6.07) is 15.2. The van der Waals surface area contributed by atoms with Gasteiger partial charge < -0.3 is 19.4 Å². The second-order valence-electron chi connectivity index (χ2n) is 6.79. The Kier molecular flexibility index (Phi) is 5.85. The molecular weight excluding hydrogens is 430 g/mol. The largest absolute Gasteiger partial charge is 0.478 e. The van der Waals surface area contributed by atoms with Gasteiger partial charge in [0.05, 0.1) is 28.8 Å². The van der Waals surface area contributed by atoms with Gasteiger partial charge in [0.2, 0.25) is 12.0 Å². The van der Waals surface area contributed by atoms with E-state index in [1.54, 1.807) is 24.3 Å². The first-order valence-electron chi connectivity index (χ1n) is 9.55. The van der Waals surface area contributed by atoms with Crippen LogP contribution in [-0.4, -0.2) is 39.5 Å². The van der Waals surface area contributed by atoms with Crippen LogP contribution in [-0.2, 0) is 4.74 Å². The molecule has 1 saturated heterocycles. The molecule has 3 aromatic rings. The van der Waals surface area contributed by atoms with Crippen molar-refractivity contribution in [3.63, 3.8) is 0 Å². The molecule has 0 aliphatic carbocycles. The summed E-state index contributed by atoms with van der Waals surface area (Å²) < 4.78 is 11.0. The summed E-state index contributed by atoms with van der Waals surface area (Å²) >= 11 is 0. The number of benzene rings is 2. The van der Waals surface area contributed by atoms with Gasteiger partial charge in [0, 0.05) is 0 Å². The van der Waals surface area contributed by atoms with Gasteiger partial charge in [0.1, 0.15) is 5.71 Å². The topological polar surface area (TPSA) is 170 Å². The molecule has 11 heteroatoms. The zero-order chi connectivity index (χ0) is 23.4. The summed E-state index contributed by atoms with van der Waals surface area (Å²) in [7, 11) is 0. The Labute approximate surface area is 186 Å². The molecule has 1 aliphatic heterocycles. The van der Waals surface area contributed by atoms with Crippen molar-refractivity contribution in [1.29, 1.82) is 5.41 Å². The summed E-state index contributed by atoms with van der Waals surface area (Å²) in [6.07, 6.45) is 0.642. The first kappa shape index (κ1) is 21.3. The normalized spacial score (nSPS) is 17.7. The molecular formula is C22H17N5O6. The fraction of sp³-hybridized carbons (Fsp3) is 0.0455. The van der Waals surface area contributed by atoms with Crippen molar-refractivity contribution in [3.8, 4) is 0 Å². The van der Waals surface area contributed by atoms with Crippen molar-refractivity contribution < 1.29 is 29.0 Å². The molecule has 0 radical (unpaired) electrons. The van der Waals surface area contributed by atoms with Gasteiger partial charge in [-0.1, -0.05) is 0 Å². The fourth-order valence-electron chi connectivity index (χ4n) is 2.94. The van der Waals surface area contributed by atoms with Gasteiger partial charge in [-0.25, -0.2) is 9.59 Å². The fourth-order valence-corrected chi connectivity index (χ4v) is 2.94. The van der Waals surface area contributed by atoms with Crippen LogP contribution in [0.4, 0.5) is 11.4 Å². The Balaban J connectivity index is 1.61. The predicted molar refractivity (Wildman–Crippen MR) is 119 cm³/mol. The SMILES string of the molecule is N=C1OC(c2ccco2)C(=N\Nc2ccc(C(=O)O)cc2)/C1=N/Nc1ccc(C(=O)O)cc1. The van der Waals surface area contributed by atoms with Crippen molar-refractivity contribution >= 4 is 40.6 Å². The zero-order valence-electron chi connectivity index (χ0n) is 16.9. The van der Waals surface area contributed by atoms with E-state index in [9.17, 15) is 9.59 Å². The van der Waals surface area contributed by atoms with E-state index in [-0.39, 0.29) is 28.4 Å². The summed E-state index contributed by atoms with van der Waals surface area (Å²) in [4.78, 5) is 22.0. The second kappa shape index (κ2) is 9.06. The maximum atomic E-state index is 11.0. The molecule has 2 heterocycles. The number of ether oxygens (including phenoxy) is 1. The lowest BCUT2D eigenvalue weighted by atomic mass is 10.1. The van der Waals surface area contributed by atoms with Gasteiger partial charge in [0.25, 0.3) is 0 Å². The lowest BCUT2D eigenvalue weighted by Crippen LogP contribution is -2.19. The first-order chi connectivity index (χ1) is 15.9. The van der Waals surface area contributed by atoms with Gasteiger partial charge in [-0.15, -0.1) is 0 Å². The van der Waals surface area contributed by atoms with Crippen LogP contribution in [0.3, 0.4) is 0 Å². The predicted octanol–water partition coefficient (Wildman–Crippen LogP) is 3.66. The zero-order valence-corrected chi connectivity index (χ0v) is 16.9. The van der Waals surface area contributed by atoms with Crippen LogP contribution in [0.1, 0.15) is 32.6 Å². The van der Waals surface area contributed by atoms with E-state index in [0.717, 1.165) is 0 Å². The number of hydrazone groups is 2. The number of hydrogen-bond donors (Lipinski definition) is 5. The Bertz CT molecular complexity index is 1250. The van der Waals surface area contributed by atoms with Gasteiger partial charge in [-0.2, -0.15) is 10.2 Å². The van der Waals surface area contributed by atoms with Gasteiger partial charge in [-0.3, -0.25) is 16.3 Å². The van der Waals surface area contributed by atoms with Gasteiger partial charge >= 0.3 is 11.9 Å². The maximum Gasteiger partial charge on any atom is 0.335 e. The standard InChI is InChI=1S/C22H17N5O6/c23-20-18(27-25-15-9-5-13(6-10-15)22(30)31)17(19(33-20)16-2-1-11-32-16)26-24-14-7-3-12(4-8-14)21(28)29/h1-11,19,23-25H,(H,28,29)(H,30,31)/b23-20?,26-17-,27-18-. The average molecular weight is 447 g/mol. The summed E-state index contributed by atoms with van der Waals surface area (Å²) in [5.74, 6) is -1.91. The highest BCUT2D eigenvalue weighted by Crippen LogP contribution is 2.27. The summed E-state index contributed by atoms with van der Waals surface area (Å²) in [5.41, 5.74) is 7.22. The molecule has 0 bridgehead atoms.